The van der Waals surface area contributed by atoms with E-state index in [0.29, 0.717) is 5.69 Å². The fraction of sp³-hybridized carbons (Fsp3) is 0.0769. The topological polar surface area (TPSA) is 70.9 Å². The molecule has 0 saturated carbocycles. The second kappa shape index (κ2) is 3.73. The Kier molecular flexibility index (Phi) is 2.19. The van der Waals surface area contributed by atoms with Crippen LogP contribution >= 0.6 is 0 Å². The number of hydrogen-bond acceptors (Lipinski definition) is 2. The van der Waals surface area contributed by atoms with Crippen LogP contribution < -0.4 is 0 Å². The summed E-state index contributed by atoms with van der Waals surface area (Å²) in [7, 11) is 1.99. The highest BCUT2D eigenvalue weighted by Crippen LogP contribution is 2.23. The largest absolute Gasteiger partial charge is 0.477 e. The first-order chi connectivity index (χ1) is 8.65. The Labute approximate surface area is 103 Å². The van der Waals surface area contributed by atoms with Gasteiger partial charge in [-0.3, -0.25) is 5.10 Å². The Hall–Kier alpha value is -2.56. The summed E-state index contributed by atoms with van der Waals surface area (Å²) in [6.45, 7) is 0. The number of benzene rings is 1. The van der Waals surface area contributed by atoms with Gasteiger partial charge in [-0.15, -0.1) is 0 Å². The van der Waals surface area contributed by atoms with Gasteiger partial charge in [0, 0.05) is 29.7 Å². The number of nitrogens with zero attached hydrogens (tertiary/aromatic N) is 2. The lowest BCUT2D eigenvalue weighted by Gasteiger charge is -1.99. The molecule has 0 aliphatic carbocycles. The Morgan fingerprint density at radius 1 is 1.33 bits per heavy atom. The van der Waals surface area contributed by atoms with Gasteiger partial charge in [-0.25, -0.2) is 4.79 Å². The van der Waals surface area contributed by atoms with Crippen LogP contribution in [0.5, 0.6) is 0 Å². The first-order valence-electron chi connectivity index (χ1n) is 5.49. The highest BCUT2D eigenvalue weighted by atomic mass is 16.4. The smallest absolute Gasteiger partial charge is 0.353 e. The van der Waals surface area contributed by atoms with Gasteiger partial charge >= 0.3 is 5.97 Å². The molecule has 2 aromatic heterocycles. The normalized spacial score (nSPS) is 10.9. The van der Waals surface area contributed by atoms with E-state index in [1.807, 2.05) is 42.1 Å². The summed E-state index contributed by atoms with van der Waals surface area (Å²) in [5, 5.41) is 16.5. The number of aromatic nitrogens is 3. The van der Waals surface area contributed by atoms with E-state index in [4.69, 9.17) is 5.11 Å². The Morgan fingerprint density at radius 2 is 2.17 bits per heavy atom. The lowest BCUT2D eigenvalue weighted by Crippen LogP contribution is -1.95. The molecule has 3 rings (SSSR count). The van der Waals surface area contributed by atoms with Gasteiger partial charge in [0.05, 0.1) is 5.69 Å². The monoisotopic (exact) mass is 241 g/mol. The van der Waals surface area contributed by atoms with Crippen LogP contribution in [0.4, 0.5) is 0 Å². The van der Waals surface area contributed by atoms with E-state index < -0.39 is 5.97 Å². The van der Waals surface area contributed by atoms with Crippen molar-refractivity contribution >= 4 is 16.9 Å². The second-order valence-electron chi connectivity index (χ2n) is 4.17. The minimum Gasteiger partial charge on any atom is -0.477 e. The summed E-state index contributed by atoms with van der Waals surface area (Å²) in [5.41, 5.74) is 2.77. The van der Waals surface area contributed by atoms with E-state index in [0.717, 1.165) is 16.5 Å². The van der Waals surface area contributed by atoms with Crippen molar-refractivity contribution < 1.29 is 9.90 Å². The SMILES string of the molecule is Cn1ccc2cc(-c3cc(C(=O)O)[nH]n3)ccc21. The molecular formula is C13H11N3O2. The predicted molar refractivity (Wildman–Crippen MR) is 67.5 cm³/mol. The molecule has 0 atom stereocenters. The summed E-state index contributed by atoms with van der Waals surface area (Å²) in [6, 6.07) is 9.48. The van der Waals surface area contributed by atoms with Crippen molar-refractivity contribution in [1.82, 2.24) is 14.8 Å². The standard InChI is InChI=1S/C13H11N3O2/c1-16-5-4-9-6-8(2-3-12(9)16)10-7-11(13(17)18)15-14-10/h2-7H,1H3,(H,14,15)(H,17,18). The van der Waals surface area contributed by atoms with E-state index in [9.17, 15) is 4.79 Å². The fourth-order valence-corrected chi connectivity index (χ4v) is 2.02. The third kappa shape index (κ3) is 1.57. The van der Waals surface area contributed by atoms with E-state index in [2.05, 4.69) is 10.2 Å². The maximum atomic E-state index is 10.8. The molecular weight excluding hydrogens is 230 g/mol. The van der Waals surface area contributed by atoms with Gasteiger partial charge in [0.15, 0.2) is 0 Å². The van der Waals surface area contributed by atoms with Crippen molar-refractivity contribution in [2.75, 3.05) is 0 Å². The quantitative estimate of drug-likeness (QED) is 0.723. The first kappa shape index (κ1) is 10.6. The van der Waals surface area contributed by atoms with Gasteiger partial charge in [0.1, 0.15) is 5.69 Å². The molecule has 5 heteroatoms. The number of H-pyrrole nitrogens is 1. The highest BCUT2D eigenvalue weighted by Gasteiger charge is 2.09. The minimum atomic E-state index is -1.01. The molecule has 0 fully saturated rings. The maximum Gasteiger partial charge on any atom is 0.353 e. The number of rotatable bonds is 2. The summed E-state index contributed by atoms with van der Waals surface area (Å²) < 4.78 is 2.03. The highest BCUT2D eigenvalue weighted by molar-refractivity contribution is 5.88. The molecule has 0 bridgehead atoms. The molecule has 2 N–H and O–H groups in total. The molecule has 5 nitrogen and oxygen atoms in total. The lowest BCUT2D eigenvalue weighted by atomic mass is 10.1. The van der Waals surface area contributed by atoms with E-state index >= 15 is 0 Å². The molecule has 3 aromatic rings. The zero-order chi connectivity index (χ0) is 12.7. The average Bonchev–Trinajstić information content (AvgIpc) is 2.96. The molecule has 1 aromatic carbocycles. The minimum absolute atomic E-state index is 0.0955. The number of hydrogen-bond donors (Lipinski definition) is 2. The zero-order valence-corrected chi connectivity index (χ0v) is 9.71. The lowest BCUT2D eigenvalue weighted by molar-refractivity contribution is 0.0690. The number of aryl methyl sites for hydroxylation is 1. The Morgan fingerprint density at radius 3 is 2.89 bits per heavy atom. The van der Waals surface area contributed by atoms with E-state index in [1.54, 1.807) is 0 Å². The number of carboxylic acids is 1. The van der Waals surface area contributed by atoms with Gasteiger partial charge in [0.2, 0.25) is 0 Å². The van der Waals surface area contributed by atoms with Crippen LogP contribution in [0.25, 0.3) is 22.2 Å². The van der Waals surface area contributed by atoms with Crippen LogP contribution in [0.2, 0.25) is 0 Å². The van der Waals surface area contributed by atoms with Gasteiger partial charge < -0.3 is 9.67 Å². The van der Waals surface area contributed by atoms with Crippen LogP contribution in [0.15, 0.2) is 36.5 Å². The van der Waals surface area contributed by atoms with Gasteiger partial charge in [-0.2, -0.15) is 5.10 Å². The molecule has 0 saturated heterocycles. The maximum absolute atomic E-state index is 10.8. The summed E-state index contributed by atoms with van der Waals surface area (Å²) in [4.78, 5) is 10.8. The number of carbonyl (C=O) groups is 1. The van der Waals surface area contributed by atoms with Gasteiger partial charge in [-0.1, -0.05) is 6.07 Å². The van der Waals surface area contributed by atoms with Crippen molar-refractivity contribution in [1.29, 1.82) is 0 Å². The molecule has 0 aliphatic heterocycles. The molecule has 0 radical (unpaired) electrons. The number of aromatic amines is 1. The third-order valence-corrected chi connectivity index (χ3v) is 2.99. The average molecular weight is 241 g/mol. The van der Waals surface area contributed by atoms with Crippen LogP contribution in [0, 0.1) is 0 Å². The molecule has 18 heavy (non-hydrogen) atoms. The molecule has 0 unspecified atom stereocenters. The molecule has 90 valence electrons. The predicted octanol–water partition coefficient (Wildman–Crippen LogP) is 2.27. The van der Waals surface area contributed by atoms with E-state index in [-0.39, 0.29) is 5.69 Å². The second-order valence-corrected chi connectivity index (χ2v) is 4.17. The number of carboxylic acid groups (broad SMARTS) is 1. The van der Waals surface area contributed by atoms with Gasteiger partial charge in [0.25, 0.3) is 0 Å². The molecule has 0 aliphatic rings. The zero-order valence-electron chi connectivity index (χ0n) is 9.71. The van der Waals surface area contributed by atoms with Crippen LogP contribution in [0.3, 0.4) is 0 Å². The van der Waals surface area contributed by atoms with Crippen molar-refractivity contribution in [3.05, 3.63) is 42.2 Å². The third-order valence-electron chi connectivity index (χ3n) is 2.99. The fourth-order valence-electron chi connectivity index (χ4n) is 2.02. The molecule has 2 heterocycles. The number of nitrogens with one attached hydrogen (secondary N) is 1. The number of aromatic carboxylic acids is 1. The van der Waals surface area contributed by atoms with Crippen LogP contribution in [0.1, 0.15) is 10.5 Å². The van der Waals surface area contributed by atoms with Crippen LogP contribution in [-0.4, -0.2) is 25.8 Å². The van der Waals surface area contributed by atoms with Crippen molar-refractivity contribution in [3.8, 4) is 11.3 Å². The van der Waals surface area contributed by atoms with Crippen molar-refractivity contribution in [3.63, 3.8) is 0 Å². The summed E-state index contributed by atoms with van der Waals surface area (Å²) >= 11 is 0. The molecule has 0 amide bonds. The van der Waals surface area contributed by atoms with Crippen LogP contribution in [-0.2, 0) is 7.05 Å². The number of fused-ring (bicyclic) bond motifs is 1. The Bertz CT molecular complexity index is 740. The van der Waals surface area contributed by atoms with Gasteiger partial charge in [-0.05, 0) is 24.3 Å². The van der Waals surface area contributed by atoms with Crippen molar-refractivity contribution in [2.24, 2.45) is 7.05 Å². The first-order valence-corrected chi connectivity index (χ1v) is 5.49. The molecule has 0 spiro atoms. The summed E-state index contributed by atoms with van der Waals surface area (Å²) in [5.74, 6) is -1.01. The summed E-state index contributed by atoms with van der Waals surface area (Å²) in [6.07, 6.45) is 1.99. The van der Waals surface area contributed by atoms with E-state index in [1.165, 1.54) is 6.07 Å². The van der Waals surface area contributed by atoms with Crippen molar-refractivity contribution in [2.45, 2.75) is 0 Å². The Balaban J connectivity index is 2.10.